The summed E-state index contributed by atoms with van der Waals surface area (Å²) in [6, 6.07) is 16.9. The molecule has 7 heteroatoms. The van der Waals surface area contributed by atoms with Gasteiger partial charge in [-0.15, -0.1) is 0 Å². The van der Waals surface area contributed by atoms with Gasteiger partial charge >= 0.3 is 0 Å². The van der Waals surface area contributed by atoms with Crippen molar-refractivity contribution in [2.24, 2.45) is 0 Å². The van der Waals surface area contributed by atoms with E-state index in [4.69, 9.17) is 9.47 Å². The summed E-state index contributed by atoms with van der Waals surface area (Å²) in [5.41, 5.74) is 4.85. The molecule has 0 atom stereocenters. The van der Waals surface area contributed by atoms with Gasteiger partial charge in [0.1, 0.15) is 11.5 Å². The van der Waals surface area contributed by atoms with Crippen molar-refractivity contribution in [1.29, 1.82) is 0 Å². The molecule has 0 saturated carbocycles. The van der Waals surface area contributed by atoms with Crippen molar-refractivity contribution in [2.75, 3.05) is 13.2 Å². The van der Waals surface area contributed by atoms with Gasteiger partial charge in [-0.25, -0.2) is 0 Å². The smallest absolute Gasteiger partial charge is 0.147 e. The fraction of sp³-hybridized carbons (Fsp3) is 0.419. The summed E-state index contributed by atoms with van der Waals surface area (Å²) in [5.74, 6) is 1.71. The molecule has 0 aliphatic rings. The molecule has 3 aromatic rings. The van der Waals surface area contributed by atoms with E-state index in [0.29, 0.717) is 13.2 Å². The monoisotopic (exact) mass is 786 g/mol. The van der Waals surface area contributed by atoms with Crippen LogP contribution in [0.2, 0.25) is 19.1 Å². The molecule has 3 rings (SSSR count). The zero-order chi connectivity index (χ0) is 28.3. The van der Waals surface area contributed by atoms with Gasteiger partial charge < -0.3 is 9.47 Å². The van der Waals surface area contributed by atoms with Gasteiger partial charge in [0, 0.05) is 5.41 Å². The summed E-state index contributed by atoms with van der Waals surface area (Å²) in [5, 5.41) is 1.53. The number of halogens is 4. The Kier molecular flexibility index (Phi) is 11.2. The maximum Gasteiger partial charge on any atom is 0.147 e. The number of hydrogen-bond acceptors (Lipinski definition) is 2. The molecular formula is C31H38Br4O2Si. The Balaban J connectivity index is 1.73. The van der Waals surface area contributed by atoms with Gasteiger partial charge in [-0.2, -0.15) is 0 Å². The largest absolute Gasteiger partial charge is 0.491 e. The van der Waals surface area contributed by atoms with Gasteiger partial charge in [0.25, 0.3) is 0 Å². The van der Waals surface area contributed by atoms with Gasteiger partial charge in [0.05, 0.1) is 39.2 Å². The second-order valence-corrected chi connectivity index (χ2v) is 19.5. The van der Waals surface area contributed by atoms with Gasteiger partial charge in [-0.05, 0) is 126 Å². The third-order valence-corrected chi connectivity index (χ3v) is 12.9. The fourth-order valence-electron chi connectivity index (χ4n) is 4.69. The van der Waals surface area contributed by atoms with Crippen LogP contribution in [-0.4, -0.2) is 21.3 Å². The Morgan fingerprint density at radius 3 is 1.53 bits per heavy atom. The molecule has 0 spiro atoms. The Morgan fingerprint density at radius 2 is 1.11 bits per heavy atom. The van der Waals surface area contributed by atoms with Crippen LogP contribution >= 0.6 is 63.7 Å². The van der Waals surface area contributed by atoms with Crippen molar-refractivity contribution in [3.8, 4) is 11.5 Å². The Bertz CT molecular complexity index is 1220. The molecule has 0 N–H and O–H groups in total. The van der Waals surface area contributed by atoms with E-state index in [9.17, 15) is 0 Å². The predicted molar refractivity (Wildman–Crippen MR) is 180 cm³/mol. The van der Waals surface area contributed by atoms with Crippen LogP contribution in [0.25, 0.3) is 0 Å². The number of hydrogen-bond donors (Lipinski definition) is 0. The fourth-order valence-corrected chi connectivity index (χ4v) is 10.1. The molecule has 0 aliphatic heterocycles. The Labute approximate surface area is 263 Å². The molecule has 3 aromatic carbocycles. The predicted octanol–water partition coefficient (Wildman–Crippen LogP) is 10.9. The molecule has 206 valence electrons. The zero-order valence-corrected chi connectivity index (χ0v) is 30.7. The first-order chi connectivity index (χ1) is 17.8. The standard InChI is InChI=1S/C31H38Br4O2Si/c1-8-10-36-29-25(32)16-22(17-26(29)33)31(4,5)23-18-27(34)30(28(35)19-23)37-11-9-12-38(6,7)24-14-20(2)13-21(3)15-24/h13-19H,8-12H2,1-7H3. The van der Waals surface area contributed by atoms with Crippen LogP contribution in [-0.2, 0) is 5.41 Å². The normalized spacial score (nSPS) is 12.1. The molecule has 0 unspecified atom stereocenters. The lowest BCUT2D eigenvalue weighted by molar-refractivity contribution is 0.312. The minimum Gasteiger partial charge on any atom is -0.491 e. The van der Waals surface area contributed by atoms with Crippen LogP contribution in [0.15, 0.2) is 60.4 Å². The van der Waals surface area contributed by atoms with Gasteiger partial charge in [0.15, 0.2) is 0 Å². The highest BCUT2D eigenvalue weighted by molar-refractivity contribution is 9.11. The summed E-state index contributed by atoms with van der Waals surface area (Å²) >= 11 is 15.0. The van der Waals surface area contributed by atoms with Crippen molar-refractivity contribution in [3.63, 3.8) is 0 Å². The van der Waals surface area contributed by atoms with Crippen molar-refractivity contribution in [3.05, 3.63) is 82.6 Å². The molecule has 0 aromatic heterocycles. The van der Waals surface area contributed by atoms with Crippen LogP contribution in [0.3, 0.4) is 0 Å². The summed E-state index contributed by atoms with van der Waals surface area (Å²) in [6.07, 6.45) is 2.00. The van der Waals surface area contributed by atoms with E-state index in [-0.39, 0.29) is 5.41 Å². The quantitative estimate of drug-likeness (QED) is 0.142. The number of aryl methyl sites for hydroxylation is 2. The molecule has 0 aliphatic carbocycles. The number of ether oxygens (including phenoxy) is 2. The minimum atomic E-state index is -1.52. The summed E-state index contributed by atoms with van der Waals surface area (Å²) in [4.78, 5) is 0. The summed E-state index contributed by atoms with van der Waals surface area (Å²) in [7, 11) is -1.52. The highest BCUT2D eigenvalue weighted by Gasteiger charge is 2.28. The van der Waals surface area contributed by atoms with Crippen molar-refractivity contribution >= 4 is 77.0 Å². The second-order valence-electron chi connectivity index (χ2n) is 11.2. The molecule has 0 fully saturated rings. The first kappa shape index (κ1) is 31.9. The van der Waals surface area contributed by atoms with E-state index in [0.717, 1.165) is 42.2 Å². The van der Waals surface area contributed by atoms with E-state index in [1.807, 2.05) is 0 Å². The topological polar surface area (TPSA) is 18.5 Å². The molecule has 38 heavy (non-hydrogen) atoms. The molecular weight excluding hydrogens is 752 g/mol. The minimum absolute atomic E-state index is 0.237. The first-order valence-corrected chi connectivity index (χ1v) is 19.5. The molecule has 0 amide bonds. The van der Waals surface area contributed by atoms with E-state index < -0.39 is 8.07 Å². The van der Waals surface area contributed by atoms with Crippen molar-refractivity contribution in [2.45, 2.75) is 72.0 Å². The molecule has 0 saturated heterocycles. The SMILES string of the molecule is CCCOc1c(Br)cc(C(C)(C)c2cc(Br)c(OCCC[Si](C)(C)c3cc(C)cc(C)c3)c(Br)c2)cc1Br. The van der Waals surface area contributed by atoms with E-state index in [2.05, 4.69) is 154 Å². The van der Waals surface area contributed by atoms with Crippen LogP contribution in [0.5, 0.6) is 11.5 Å². The van der Waals surface area contributed by atoms with Crippen LogP contribution in [0.4, 0.5) is 0 Å². The average Bonchev–Trinajstić information content (AvgIpc) is 2.81. The number of rotatable bonds is 11. The highest BCUT2D eigenvalue weighted by Crippen LogP contribution is 2.44. The summed E-state index contributed by atoms with van der Waals surface area (Å²) in [6.45, 7) is 17.3. The van der Waals surface area contributed by atoms with Gasteiger partial charge in [-0.3, -0.25) is 0 Å². The third kappa shape index (κ3) is 7.77. The van der Waals surface area contributed by atoms with Crippen molar-refractivity contribution in [1.82, 2.24) is 0 Å². The van der Waals surface area contributed by atoms with E-state index in [1.165, 1.54) is 33.5 Å². The second kappa shape index (κ2) is 13.4. The lowest BCUT2D eigenvalue weighted by Gasteiger charge is -2.28. The molecule has 0 heterocycles. The number of benzene rings is 3. The van der Waals surface area contributed by atoms with Gasteiger partial charge in [0.2, 0.25) is 0 Å². The Morgan fingerprint density at radius 1 is 0.684 bits per heavy atom. The van der Waals surface area contributed by atoms with E-state index >= 15 is 0 Å². The maximum atomic E-state index is 6.31. The lowest BCUT2D eigenvalue weighted by atomic mass is 9.78. The van der Waals surface area contributed by atoms with Crippen molar-refractivity contribution < 1.29 is 9.47 Å². The van der Waals surface area contributed by atoms with E-state index in [1.54, 1.807) is 0 Å². The lowest BCUT2D eigenvalue weighted by Crippen LogP contribution is -2.41. The van der Waals surface area contributed by atoms with Crippen LogP contribution < -0.4 is 14.7 Å². The molecule has 0 radical (unpaired) electrons. The maximum absolute atomic E-state index is 6.31. The first-order valence-electron chi connectivity index (χ1n) is 13.1. The van der Waals surface area contributed by atoms with Gasteiger partial charge in [-0.1, -0.05) is 74.4 Å². The molecule has 2 nitrogen and oxygen atoms in total. The average molecular weight is 790 g/mol. The third-order valence-electron chi connectivity index (χ3n) is 7.09. The highest BCUT2D eigenvalue weighted by atomic mass is 79.9. The summed E-state index contributed by atoms with van der Waals surface area (Å²) < 4.78 is 16.1. The molecule has 0 bridgehead atoms. The van der Waals surface area contributed by atoms with Crippen LogP contribution in [0.1, 0.15) is 55.9 Å². The zero-order valence-electron chi connectivity index (χ0n) is 23.4. The van der Waals surface area contributed by atoms with Crippen LogP contribution in [0, 0.1) is 13.8 Å². The Hall–Kier alpha value is -0.603.